The molecular formula is C10H18N2S. The molecule has 0 saturated heterocycles. The van der Waals surface area contributed by atoms with Crippen molar-refractivity contribution >= 4 is 11.8 Å². The van der Waals surface area contributed by atoms with E-state index in [4.69, 9.17) is 5.26 Å². The Bertz CT molecular complexity index is 170. The summed E-state index contributed by atoms with van der Waals surface area (Å²) in [6.45, 7) is 0. The summed E-state index contributed by atoms with van der Waals surface area (Å²) in [6.07, 6.45) is 6.88. The molecule has 1 atom stereocenters. The van der Waals surface area contributed by atoms with Crippen LogP contribution < -0.4 is 5.32 Å². The van der Waals surface area contributed by atoms with Crippen molar-refractivity contribution in [1.29, 1.82) is 5.26 Å². The van der Waals surface area contributed by atoms with E-state index in [-0.39, 0.29) is 6.04 Å². The summed E-state index contributed by atoms with van der Waals surface area (Å²) in [5, 5.41) is 12.6. The molecule has 1 rings (SSSR count). The van der Waals surface area contributed by atoms with Gasteiger partial charge in [0, 0.05) is 11.0 Å². The molecule has 0 aromatic rings. The molecule has 0 spiro atoms. The highest BCUT2D eigenvalue weighted by atomic mass is 32.2. The lowest BCUT2D eigenvalue weighted by Gasteiger charge is -2.21. The lowest BCUT2D eigenvalue weighted by Crippen LogP contribution is -2.27. The minimum Gasteiger partial charge on any atom is -0.304 e. The molecule has 0 heterocycles. The van der Waals surface area contributed by atoms with Gasteiger partial charge >= 0.3 is 0 Å². The molecule has 0 bridgehead atoms. The zero-order valence-electron chi connectivity index (χ0n) is 8.25. The zero-order chi connectivity index (χ0) is 9.52. The van der Waals surface area contributed by atoms with Gasteiger partial charge in [-0.3, -0.25) is 0 Å². The van der Waals surface area contributed by atoms with Crippen LogP contribution in [0.25, 0.3) is 0 Å². The minimum atomic E-state index is 0.0342. The Hall–Kier alpha value is -0.200. The Balaban J connectivity index is 2.13. The average molecular weight is 198 g/mol. The van der Waals surface area contributed by atoms with E-state index in [0.29, 0.717) is 0 Å². The Labute approximate surface area is 85.1 Å². The molecule has 13 heavy (non-hydrogen) atoms. The summed E-state index contributed by atoms with van der Waals surface area (Å²) in [4.78, 5) is 0. The van der Waals surface area contributed by atoms with Gasteiger partial charge in [0.15, 0.2) is 0 Å². The minimum absolute atomic E-state index is 0.0342. The van der Waals surface area contributed by atoms with Crippen LogP contribution in [0.1, 0.15) is 32.1 Å². The van der Waals surface area contributed by atoms with E-state index in [9.17, 15) is 0 Å². The largest absolute Gasteiger partial charge is 0.304 e. The molecule has 0 aromatic carbocycles. The molecule has 1 aliphatic carbocycles. The molecule has 0 aliphatic heterocycles. The summed E-state index contributed by atoms with van der Waals surface area (Å²) >= 11 is 1.97. The van der Waals surface area contributed by atoms with Crippen LogP contribution in [0.5, 0.6) is 0 Å². The van der Waals surface area contributed by atoms with Crippen LogP contribution in [0.4, 0.5) is 0 Å². The predicted octanol–water partition coefficient (Wildman–Crippen LogP) is 2.16. The van der Waals surface area contributed by atoms with E-state index in [2.05, 4.69) is 11.4 Å². The Kier molecular flexibility index (Phi) is 5.26. The van der Waals surface area contributed by atoms with Gasteiger partial charge in [0.25, 0.3) is 0 Å². The molecule has 1 unspecified atom stereocenters. The van der Waals surface area contributed by atoms with Crippen LogP contribution in [0.2, 0.25) is 0 Å². The molecule has 1 saturated carbocycles. The monoisotopic (exact) mass is 198 g/mol. The maximum absolute atomic E-state index is 8.73. The second-order valence-electron chi connectivity index (χ2n) is 3.56. The van der Waals surface area contributed by atoms with Crippen LogP contribution in [0.3, 0.4) is 0 Å². The summed E-state index contributed by atoms with van der Waals surface area (Å²) in [7, 11) is 1.86. The fourth-order valence-electron chi connectivity index (χ4n) is 1.65. The van der Waals surface area contributed by atoms with Crippen LogP contribution in [-0.4, -0.2) is 24.1 Å². The molecule has 0 radical (unpaired) electrons. The Morgan fingerprint density at radius 3 is 2.69 bits per heavy atom. The fraction of sp³-hybridized carbons (Fsp3) is 0.900. The summed E-state index contributed by atoms with van der Waals surface area (Å²) in [5.41, 5.74) is 0. The van der Waals surface area contributed by atoms with Crippen molar-refractivity contribution < 1.29 is 0 Å². The number of nitrogens with one attached hydrogen (secondary N) is 1. The third-order valence-electron chi connectivity index (χ3n) is 2.56. The number of thioether (sulfide) groups is 1. The second-order valence-corrected chi connectivity index (χ2v) is 4.90. The molecule has 0 aromatic heterocycles. The number of hydrogen-bond acceptors (Lipinski definition) is 3. The molecule has 0 amide bonds. The van der Waals surface area contributed by atoms with Crippen molar-refractivity contribution in [3.05, 3.63) is 0 Å². The fourth-order valence-corrected chi connectivity index (χ4v) is 3.02. The van der Waals surface area contributed by atoms with E-state index in [1.165, 1.54) is 32.1 Å². The Morgan fingerprint density at radius 2 is 2.15 bits per heavy atom. The molecule has 3 heteroatoms. The van der Waals surface area contributed by atoms with Crippen LogP contribution >= 0.6 is 11.8 Å². The topological polar surface area (TPSA) is 35.8 Å². The second kappa shape index (κ2) is 6.28. The van der Waals surface area contributed by atoms with Crippen LogP contribution in [0, 0.1) is 11.3 Å². The van der Waals surface area contributed by atoms with Crippen molar-refractivity contribution in [3.8, 4) is 6.07 Å². The quantitative estimate of drug-likeness (QED) is 0.752. The first-order valence-corrected chi connectivity index (χ1v) is 6.10. The van der Waals surface area contributed by atoms with Crippen LogP contribution in [-0.2, 0) is 0 Å². The summed E-state index contributed by atoms with van der Waals surface area (Å²) < 4.78 is 0. The maximum atomic E-state index is 8.73. The van der Waals surface area contributed by atoms with Gasteiger partial charge in [0.05, 0.1) is 6.07 Å². The van der Waals surface area contributed by atoms with E-state index in [0.717, 1.165) is 11.0 Å². The highest BCUT2D eigenvalue weighted by molar-refractivity contribution is 7.99. The Morgan fingerprint density at radius 1 is 1.46 bits per heavy atom. The van der Waals surface area contributed by atoms with Crippen molar-refractivity contribution in [2.75, 3.05) is 12.8 Å². The number of nitrogens with zero attached hydrogens (tertiary/aromatic N) is 1. The van der Waals surface area contributed by atoms with Gasteiger partial charge in [0.1, 0.15) is 6.04 Å². The first-order chi connectivity index (χ1) is 6.36. The van der Waals surface area contributed by atoms with Crippen molar-refractivity contribution in [2.45, 2.75) is 43.4 Å². The molecule has 1 N–H and O–H groups in total. The van der Waals surface area contributed by atoms with Crippen molar-refractivity contribution in [1.82, 2.24) is 5.32 Å². The third kappa shape index (κ3) is 4.02. The van der Waals surface area contributed by atoms with E-state index in [1.54, 1.807) is 0 Å². The number of nitriles is 1. The van der Waals surface area contributed by atoms with Gasteiger partial charge in [-0.15, -0.1) is 0 Å². The lowest BCUT2D eigenvalue weighted by atomic mass is 10.0. The van der Waals surface area contributed by atoms with E-state index >= 15 is 0 Å². The number of hydrogen-bond donors (Lipinski definition) is 1. The van der Waals surface area contributed by atoms with Gasteiger partial charge in [-0.25, -0.2) is 0 Å². The van der Waals surface area contributed by atoms with Crippen molar-refractivity contribution in [3.63, 3.8) is 0 Å². The molecular weight excluding hydrogens is 180 g/mol. The SMILES string of the molecule is CNC(C#N)CSC1CCCCC1. The van der Waals surface area contributed by atoms with Gasteiger partial charge in [-0.2, -0.15) is 17.0 Å². The highest BCUT2D eigenvalue weighted by Gasteiger charge is 2.15. The third-order valence-corrected chi connectivity index (χ3v) is 4.02. The van der Waals surface area contributed by atoms with Crippen LogP contribution in [0.15, 0.2) is 0 Å². The first-order valence-electron chi connectivity index (χ1n) is 5.05. The smallest absolute Gasteiger partial charge is 0.104 e. The zero-order valence-corrected chi connectivity index (χ0v) is 9.07. The molecule has 2 nitrogen and oxygen atoms in total. The summed E-state index contributed by atoms with van der Waals surface area (Å²) in [6, 6.07) is 2.29. The molecule has 1 aliphatic rings. The van der Waals surface area contributed by atoms with E-state index < -0.39 is 0 Å². The lowest BCUT2D eigenvalue weighted by molar-refractivity contribution is 0.515. The van der Waals surface area contributed by atoms with Gasteiger partial charge in [-0.1, -0.05) is 19.3 Å². The van der Waals surface area contributed by atoms with Gasteiger partial charge < -0.3 is 5.32 Å². The summed E-state index contributed by atoms with van der Waals surface area (Å²) in [5.74, 6) is 0.942. The average Bonchev–Trinajstić information content (AvgIpc) is 2.21. The van der Waals surface area contributed by atoms with Gasteiger partial charge in [0.2, 0.25) is 0 Å². The maximum Gasteiger partial charge on any atom is 0.104 e. The highest BCUT2D eigenvalue weighted by Crippen LogP contribution is 2.28. The number of rotatable bonds is 4. The van der Waals surface area contributed by atoms with Crippen molar-refractivity contribution in [2.24, 2.45) is 0 Å². The first kappa shape index (κ1) is 10.9. The van der Waals surface area contributed by atoms with E-state index in [1.807, 2.05) is 18.8 Å². The molecule has 74 valence electrons. The molecule has 1 fully saturated rings. The standard InChI is InChI=1S/C10H18N2S/c1-12-9(7-11)8-13-10-5-3-2-4-6-10/h9-10,12H,2-6,8H2,1H3. The predicted molar refractivity (Wildman–Crippen MR) is 57.8 cm³/mol. The normalized spacial score (nSPS) is 20.9. The van der Waals surface area contributed by atoms with Gasteiger partial charge in [-0.05, 0) is 19.9 Å².